The maximum absolute atomic E-state index is 12.4. The SMILES string of the molecule is CC(=O)N[C@@H]1C(=O)N(CCC(C)C)c2ccccc21. The first-order valence-electron chi connectivity index (χ1n) is 6.68. The molecule has 4 heteroatoms. The molecular weight excluding hydrogens is 240 g/mol. The summed E-state index contributed by atoms with van der Waals surface area (Å²) in [5.74, 6) is 0.329. The van der Waals surface area contributed by atoms with Gasteiger partial charge in [0.05, 0.1) is 0 Å². The predicted molar refractivity (Wildman–Crippen MR) is 74.8 cm³/mol. The first-order valence-corrected chi connectivity index (χ1v) is 6.68. The van der Waals surface area contributed by atoms with E-state index in [-0.39, 0.29) is 11.8 Å². The van der Waals surface area contributed by atoms with Crippen LogP contribution in [0.5, 0.6) is 0 Å². The zero-order valence-corrected chi connectivity index (χ0v) is 11.6. The Morgan fingerprint density at radius 3 is 2.68 bits per heavy atom. The fourth-order valence-electron chi connectivity index (χ4n) is 2.35. The van der Waals surface area contributed by atoms with Crippen LogP contribution in [-0.4, -0.2) is 18.4 Å². The lowest BCUT2D eigenvalue weighted by Gasteiger charge is -2.19. The Hall–Kier alpha value is -1.84. The summed E-state index contributed by atoms with van der Waals surface area (Å²) in [6, 6.07) is 7.14. The van der Waals surface area contributed by atoms with E-state index in [1.165, 1.54) is 6.92 Å². The number of nitrogens with one attached hydrogen (secondary N) is 1. The fourth-order valence-corrected chi connectivity index (χ4v) is 2.35. The van der Waals surface area contributed by atoms with Crippen LogP contribution in [0, 0.1) is 5.92 Å². The van der Waals surface area contributed by atoms with Crippen LogP contribution in [0.2, 0.25) is 0 Å². The molecule has 1 heterocycles. The Morgan fingerprint density at radius 2 is 2.05 bits per heavy atom. The molecule has 0 saturated heterocycles. The maximum Gasteiger partial charge on any atom is 0.254 e. The minimum absolute atomic E-state index is 0.0305. The van der Waals surface area contributed by atoms with Gasteiger partial charge in [0.2, 0.25) is 5.91 Å². The molecular formula is C15H20N2O2. The number of hydrogen-bond donors (Lipinski definition) is 1. The molecule has 1 aromatic carbocycles. The van der Waals surface area contributed by atoms with Gasteiger partial charge < -0.3 is 10.2 Å². The quantitative estimate of drug-likeness (QED) is 0.902. The molecule has 0 spiro atoms. The van der Waals surface area contributed by atoms with Crippen LogP contribution in [0.25, 0.3) is 0 Å². The molecule has 1 N–H and O–H groups in total. The molecule has 0 aliphatic carbocycles. The van der Waals surface area contributed by atoms with Crippen molar-refractivity contribution in [3.63, 3.8) is 0 Å². The van der Waals surface area contributed by atoms with Crippen LogP contribution in [0.1, 0.15) is 38.8 Å². The van der Waals surface area contributed by atoms with Crippen LogP contribution in [-0.2, 0) is 9.59 Å². The van der Waals surface area contributed by atoms with E-state index in [0.717, 1.165) is 17.7 Å². The van der Waals surface area contributed by atoms with E-state index in [2.05, 4.69) is 19.2 Å². The van der Waals surface area contributed by atoms with Gasteiger partial charge in [-0.2, -0.15) is 0 Å². The van der Waals surface area contributed by atoms with Crippen molar-refractivity contribution in [2.45, 2.75) is 33.2 Å². The topological polar surface area (TPSA) is 49.4 Å². The highest BCUT2D eigenvalue weighted by molar-refractivity contribution is 6.06. The van der Waals surface area contributed by atoms with Gasteiger partial charge in [-0.3, -0.25) is 9.59 Å². The molecule has 0 aromatic heterocycles. The molecule has 2 amide bonds. The van der Waals surface area contributed by atoms with Gasteiger partial charge in [0.15, 0.2) is 0 Å². The standard InChI is InChI=1S/C15H20N2O2/c1-10(2)8-9-17-13-7-5-4-6-12(13)14(15(17)19)16-11(3)18/h4-7,10,14H,8-9H2,1-3H3,(H,16,18)/t14-/m0/s1. The molecule has 102 valence electrons. The number of amides is 2. The van der Waals surface area contributed by atoms with E-state index < -0.39 is 6.04 Å². The number of nitrogens with zero attached hydrogens (tertiary/aromatic N) is 1. The lowest BCUT2D eigenvalue weighted by molar-refractivity contribution is -0.126. The zero-order valence-electron chi connectivity index (χ0n) is 11.6. The molecule has 1 aliphatic heterocycles. The molecule has 0 fully saturated rings. The summed E-state index contributed by atoms with van der Waals surface area (Å²) in [4.78, 5) is 25.5. The largest absolute Gasteiger partial charge is 0.341 e. The number of anilines is 1. The average molecular weight is 260 g/mol. The Kier molecular flexibility index (Phi) is 3.88. The first-order chi connectivity index (χ1) is 9.00. The van der Waals surface area contributed by atoms with E-state index in [0.29, 0.717) is 12.5 Å². The summed E-state index contributed by atoms with van der Waals surface area (Å²) in [6.07, 6.45) is 0.951. The number of para-hydroxylation sites is 1. The van der Waals surface area contributed by atoms with Crippen LogP contribution < -0.4 is 10.2 Å². The smallest absolute Gasteiger partial charge is 0.254 e. The minimum atomic E-state index is -0.527. The van der Waals surface area contributed by atoms with Gasteiger partial charge in [-0.25, -0.2) is 0 Å². The number of benzene rings is 1. The van der Waals surface area contributed by atoms with Crippen molar-refractivity contribution in [1.82, 2.24) is 5.32 Å². The first kappa shape index (κ1) is 13.6. The number of fused-ring (bicyclic) bond motifs is 1. The Morgan fingerprint density at radius 1 is 1.37 bits per heavy atom. The predicted octanol–water partition coefficient (Wildman–Crippen LogP) is 2.26. The van der Waals surface area contributed by atoms with Gasteiger partial charge in [-0.05, 0) is 18.4 Å². The van der Waals surface area contributed by atoms with Crippen molar-refractivity contribution >= 4 is 17.5 Å². The molecule has 0 bridgehead atoms. The van der Waals surface area contributed by atoms with Crippen molar-refractivity contribution in [3.8, 4) is 0 Å². The summed E-state index contributed by atoms with van der Waals surface area (Å²) in [6.45, 7) is 6.41. The Balaban J connectivity index is 2.27. The van der Waals surface area contributed by atoms with Crippen molar-refractivity contribution < 1.29 is 9.59 Å². The van der Waals surface area contributed by atoms with Gasteiger partial charge in [0, 0.05) is 24.7 Å². The highest BCUT2D eigenvalue weighted by atomic mass is 16.2. The summed E-state index contributed by atoms with van der Waals surface area (Å²) in [5, 5.41) is 2.74. The number of carbonyl (C=O) groups is 2. The maximum atomic E-state index is 12.4. The lowest BCUT2D eigenvalue weighted by atomic mass is 10.1. The summed E-state index contributed by atoms with van der Waals surface area (Å²) in [5.41, 5.74) is 1.82. The molecule has 0 saturated carbocycles. The highest BCUT2D eigenvalue weighted by Crippen LogP contribution is 2.35. The highest BCUT2D eigenvalue weighted by Gasteiger charge is 2.37. The summed E-state index contributed by atoms with van der Waals surface area (Å²) >= 11 is 0. The van der Waals surface area contributed by atoms with Crippen molar-refractivity contribution in [2.24, 2.45) is 5.92 Å². The van der Waals surface area contributed by atoms with Gasteiger partial charge in [0.25, 0.3) is 5.91 Å². The second-order valence-corrected chi connectivity index (χ2v) is 5.36. The zero-order chi connectivity index (χ0) is 14.0. The monoisotopic (exact) mass is 260 g/mol. The van der Waals surface area contributed by atoms with E-state index in [9.17, 15) is 9.59 Å². The van der Waals surface area contributed by atoms with Crippen molar-refractivity contribution in [2.75, 3.05) is 11.4 Å². The van der Waals surface area contributed by atoms with E-state index in [4.69, 9.17) is 0 Å². The second-order valence-electron chi connectivity index (χ2n) is 5.36. The van der Waals surface area contributed by atoms with Crippen LogP contribution in [0.15, 0.2) is 24.3 Å². The Bertz CT molecular complexity index is 497. The molecule has 1 atom stereocenters. The molecule has 2 rings (SSSR count). The lowest BCUT2D eigenvalue weighted by Crippen LogP contribution is -2.37. The van der Waals surface area contributed by atoms with E-state index in [1.54, 1.807) is 4.90 Å². The van der Waals surface area contributed by atoms with E-state index in [1.807, 2.05) is 24.3 Å². The molecule has 0 radical (unpaired) electrons. The molecule has 19 heavy (non-hydrogen) atoms. The van der Waals surface area contributed by atoms with Crippen LogP contribution in [0.4, 0.5) is 5.69 Å². The van der Waals surface area contributed by atoms with Crippen LogP contribution in [0.3, 0.4) is 0 Å². The van der Waals surface area contributed by atoms with Crippen LogP contribution >= 0.6 is 0 Å². The third kappa shape index (κ3) is 2.78. The number of carbonyl (C=O) groups excluding carboxylic acids is 2. The third-order valence-electron chi connectivity index (χ3n) is 3.33. The Labute approximate surface area is 113 Å². The normalized spacial score (nSPS) is 17.8. The molecule has 4 nitrogen and oxygen atoms in total. The third-order valence-corrected chi connectivity index (χ3v) is 3.33. The van der Waals surface area contributed by atoms with Crippen molar-refractivity contribution in [1.29, 1.82) is 0 Å². The minimum Gasteiger partial charge on any atom is -0.341 e. The van der Waals surface area contributed by atoms with Gasteiger partial charge >= 0.3 is 0 Å². The van der Waals surface area contributed by atoms with Gasteiger partial charge in [-0.15, -0.1) is 0 Å². The summed E-state index contributed by atoms with van der Waals surface area (Å²) < 4.78 is 0. The fraction of sp³-hybridized carbons (Fsp3) is 0.467. The molecule has 1 aromatic rings. The number of hydrogen-bond acceptors (Lipinski definition) is 2. The molecule has 0 unspecified atom stereocenters. The van der Waals surface area contributed by atoms with Crippen molar-refractivity contribution in [3.05, 3.63) is 29.8 Å². The molecule has 1 aliphatic rings. The number of rotatable bonds is 4. The van der Waals surface area contributed by atoms with Gasteiger partial charge in [-0.1, -0.05) is 32.0 Å². The summed E-state index contributed by atoms with van der Waals surface area (Å²) in [7, 11) is 0. The van der Waals surface area contributed by atoms with Gasteiger partial charge in [0.1, 0.15) is 6.04 Å². The second kappa shape index (κ2) is 5.43. The average Bonchev–Trinajstić information content (AvgIpc) is 2.60. The van der Waals surface area contributed by atoms with E-state index >= 15 is 0 Å².